The monoisotopic (exact) mass is 439 g/mol. The highest BCUT2D eigenvalue weighted by Crippen LogP contribution is 2.47. The summed E-state index contributed by atoms with van der Waals surface area (Å²) < 4.78 is 1.83. The number of guanidine groups is 1. The van der Waals surface area contributed by atoms with Crippen molar-refractivity contribution in [3.8, 4) is 0 Å². The van der Waals surface area contributed by atoms with E-state index in [1.165, 1.54) is 24.0 Å². The highest BCUT2D eigenvalue weighted by Gasteiger charge is 2.43. The molecule has 0 atom stereocenters. The third kappa shape index (κ3) is 4.72. The molecule has 0 unspecified atom stereocenters. The second kappa shape index (κ2) is 8.50. The number of aryl methyl sites for hydroxylation is 1. The first-order valence-corrected chi connectivity index (χ1v) is 8.19. The maximum absolute atomic E-state index is 4.32. The van der Waals surface area contributed by atoms with Crippen molar-refractivity contribution in [2.75, 3.05) is 20.1 Å². The second-order valence-corrected chi connectivity index (χ2v) is 6.27. The zero-order valence-electron chi connectivity index (χ0n) is 14.3. The molecule has 0 bridgehead atoms. The Hall–Kier alpha value is -1.57. The van der Waals surface area contributed by atoms with Gasteiger partial charge < -0.3 is 10.6 Å². The molecule has 0 amide bonds. The smallest absolute Gasteiger partial charge is 0.191 e. The van der Waals surface area contributed by atoms with Crippen LogP contribution < -0.4 is 10.6 Å². The summed E-state index contributed by atoms with van der Waals surface area (Å²) in [6, 6.07) is 10.8. The lowest BCUT2D eigenvalue weighted by Crippen LogP contribution is -2.41. The van der Waals surface area contributed by atoms with Crippen LogP contribution in [0.3, 0.4) is 0 Å². The molecule has 0 saturated heterocycles. The Morgan fingerprint density at radius 2 is 2.00 bits per heavy atom. The molecule has 1 saturated carbocycles. The molecular formula is C18H26IN5. The van der Waals surface area contributed by atoms with Gasteiger partial charge in [-0.2, -0.15) is 5.10 Å². The minimum absolute atomic E-state index is 0. The Kier molecular flexibility index (Phi) is 6.65. The number of hydrogen-bond acceptors (Lipinski definition) is 2. The summed E-state index contributed by atoms with van der Waals surface area (Å²) in [4.78, 5) is 4.32. The van der Waals surface area contributed by atoms with Gasteiger partial charge in [-0.15, -0.1) is 24.0 Å². The van der Waals surface area contributed by atoms with E-state index in [0.29, 0.717) is 5.41 Å². The fraction of sp³-hybridized carbons (Fsp3) is 0.444. The zero-order valence-corrected chi connectivity index (χ0v) is 16.7. The first kappa shape index (κ1) is 18.8. The minimum Gasteiger partial charge on any atom is -0.356 e. The van der Waals surface area contributed by atoms with Gasteiger partial charge >= 0.3 is 0 Å². The molecule has 3 rings (SSSR count). The molecule has 1 aromatic carbocycles. The predicted molar refractivity (Wildman–Crippen MR) is 109 cm³/mol. The Morgan fingerprint density at radius 1 is 1.25 bits per heavy atom. The van der Waals surface area contributed by atoms with Crippen LogP contribution in [0, 0.1) is 0 Å². The summed E-state index contributed by atoms with van der Waals surface area (Å²) in [6.45, 7) is 1.79. The van der Waals surface area contributed by atoms with Crippen molar-refractivity contribution in [1.29, 1.82) is 0 Å². The maximum atomic E-state index is 4.32. The fourth-order valence-corrected chi connectivity index (χ4v) is 2.91. The van der Waals surface area contributed by atoms with E-state index in [2.05, 4.69) is 51.1 Å². The number of halogens is 1. The van der Waals surface area contributed by atoms with Crippen LogP contribution in [-0.2, 0) is 18.9 Å². The van der Waals surface area contributed by atoms with E-state index in [0.717, 1.165) is 25.5 Å². The van der Waals surface area contributed by atoms with E-state index in [-0.39, 0.29) is 24.0 Å². The number of rotatable bonds is 6. The Bertz CT molecular complexity index is 661. The first-order chi connectivity index (χ1) is 11.2. The van der Waals surface area contributed by atoms with Gasteiger partial charge in [-0.05, 0) is 30.4 Å². The highest BCUT2D eigenvalue weighted by atomic mass is 127. The van der Waals surface area contributed by atoms with Crippen molar-refractivity contribution in [3.63, 3.8) is 0 Å². The van der Waals surface area contributed by atoms with E-state index in [9.17, 15) is 0 Å². The van der Waals surface area contributed by atoms with Gasteiger partial charge in [0.2, 0.25) is 0 Å². The van der Waals surface area contributed by atoms with Gasteiger partial charge in [-0.1, -0.05) is 30.3 Å². The van der Waals surface area contributed by atoms with Gasteiger partial charge in [0.05, 0.1) is 6.20 Å². The molecule has 1 aliphatic carbocycles. The molecule has 1 heterocycles. The number of aromatic nitrogens is 2. The maximum Gasteiger partial charge on any atom is 0.191 e. The third-order valence-corrected chi connectivity index (χ3v) is 4.52. The molecule has 6 heteroatoms. The highest BCUT2D eigenvalue weighted by molar-refractivity contribution is 14.0. The van der Waals surface area contributed by atoms with Gasteiger partial charge in [0, 0.05) is 38.8 Å². The molecule has 2 aromatic rings. The van der Waals surface area contributed by atoms with Crippen LogP contribution in [0.1, 0.15) is 24.0 Å². The minimum atomic E-state index is 0. The Labute approximate surface area is 161 Å². The van der Waals surface area contributed by atoms with Crippen molar-refractivity contribution >= 4 is 29.9 Å². The summed E-state index contributed by atoms with van der Waals surface area (Å²) in [5, 5.41) is 11.0. The average molecular weight is 439 g/mol. The zero-order chi connectivity index (χ0) is 16.1. The van der Waals surface area contributed by atoms with E-state index in [1.54, 1.807) is 0 Å². The Balaban J connectivity index is 0.00000208. The molecule has 0 radical (unpaired) electrons. The molecule has 2 N–H and O–H groups in total. The summed E-state index contributed by atoms with van der Waals surface area (Å²) >= 11 is 0. The predicted octanol–water partition coefficient (Wildman–Crippen LogP) is 2.48. The van der Waals surface area contributed by atoms with Crippen LogP contribution in [-0.4, -0.2) is 35.9 Å². The summed E-state index contributed by atoms with van der Waals surface area (Å²) in [5.74, 6) is 0.871. The van der Waals surface area contributed by atoms with Crippen LogP contribution in [0.15, 0.2) is 47.7 Å². The van der Waals surface area contributed by atoms with Crippen molar-refractivity contribution in [2.24, 2.45) is 12.0 Å². The molecule has 1 fully saturated rings. The van der Waals surface area contributed by atoms with E-state index in [4.69, 9.17) is 0 Å². The molecule has 1 aliphatic rings. The molecule has 1 aromatic heterocycles. The molecule has 5 nitrogen and oxygen atoms in total. The standard InChI is InChI=1S/C18H25N5.HI/c1-19-17(20-11-8-15-12-22-23(2)13-15)21-14-18(9-10-18)16-6-4-3-5-7-16;/h3-7,12-13H,8-11,14H2,1-2H3,(H2,19,20,21);1H. The number of nitrogens with one attached hydrogen (secondary N) is 2. The van der Waals surface area contributed by atoms with Gasteiger partial charge in [-0.25, -0.2) is 0 Å². The number of hydrogen-bond donors (Lipinski definition) is 2. The van der Waals surface area contributed by atoms with Crippen molar-refractivity contribution < 1.29 is 0 Å². The van der Waals surface area contributed by atoms with E-state index >= 15 is 0 Å². The van der Waals surface area contributed by atoms with Crippen molar-refractivity contribution in [3.05, 3.63) is 53.9 Å². The molecule has 0 aliphatic heterocycles. The summed E-state index contributed by atoms with van der Waals surface area (Å²) in [7, 11) is 3.76. The Morgan fingerprint density at radius 3 is 2.58 bits per heavy atom. The number of nitrogens with zero attached hydrogens (tertiary/aromatic N) is 3. The third-order valence-electron chi connectivity index (χ3n) is 4.52. The first-order valence-electron chi connectivity index (χ1n) is 8.19. The van der Waals surface area contributed by atoms with Crippen molar-refractivity contribution in [2.45, 2.75) is 24.7 Å². The molecule has 0 spiro atoms. The second-order valence-electron chi connectivity index (χ2n) is 6.27. The SMILES string of the molecule is CN=C(NCCc1cnn(C)c1)NCC1(c2ccccc2)CC1.I. The number of benzene rings is 1. The lowest BCUT2D eigenvalue weighted by molar-refractivity contribution is 0.645. The van der Waals surface area contributed by atoms with Crippen LogP contribution >= 0.6 is 24.0 Å². The van der Waals surface area contributed by atoms with Gasteiger partial charge in [0.25, 0.3) is 0 Å². The molecule has 24 heavy (non-hydrogen) atoms. The summed E-state index contributed by atoms with van der Waals surface area (Å²) in [6.07, 6.45) is 7.39. The van der Waals surface area contributed by atoms with Crippen LogP contribution in [0.25, 0.3) is 0 Å². The molecule has 130 valence electrons. The largest absolute Gasteiger partial charge is 0.356 e. The van der Waals surface area contributed by atoms with Crippen LogP contribution in [0.2, 0.25) is 0 Å². The van der Waals surface area contributed by atoms with Crippen LogP contribution in [0.4, 0.5) is 0 Å². The van der Waals surface area contributed by atoms with Gasteiger partial charge in [0.1, 0.15) is 0 Å². The van der Waals surface area contributed by atoms with Gasteiger partial charge in [-0.3, -0.25) is 9.67 Å². The summed E-state index contributed by atoms with van der Waals surface area (Å²) in [5.41, 5.74) is 2.96. The topological polar surface area (TPSA) is 54.2 Å². The average Bonchev–Trinajstić information content (AvgIpc) is 3.27. The lowest BCUT2D eigenvalue weighted by Gasteiger charge is -2.19. The van der Waals surface area contributed by atoms with Crippen LogP contribution in [0.5, 0.6) is 0 Å². The van der Waals surface area contributed by atoms with Crippen molar-refractivity contribution in [1.82, 2.24) is 20.4 Å². The normalized spacial score (nSPS) is 15.5. The molecular weight excluding hydrogens is 413 g/mol. The van der Waals surface area contributed by atoms with Gasteiger partial charge in [0.15, 0.2) is 5.96 Å². The fourth-order valence-electron chi connectivity index (χ4n) is 2.91. The van der Waals surface area contributed by atoms with E-state index < -0.39 is 0 Å². The number of aliphatic imine (C=N–C) groups is 1. The quantitative estimate of drug-likeness (QED) is 0.413. The van der Waals surface area contributed by atoms with E-state index in [1.807, 2.05) is 31.2 Å². The lowest BCUT2D eigenvalue weighted by atomic mass is 9.96.